The molecule has 0 bridgehead atoms. The van der Waals surface area contributed by atoms with E-state index in [1.807, 2.05) is 24.3 Å². The van der Waals surface area contributed by atoms with Gasteiger partial charge in [-0.2, -0.15) is 0 Å². The molecule has 2 nitrogen and oxygen atoms in total. The van der Waals surface area contributed by atoms with Crippen LogP contribution in [0.15, 0.2) is 40.9 Å². The summed E-state index contributed by atoms with van der Waals surface area (Å²) in [5.41, 5.74) is 8.09. The summed E-state index contributed by atoms with van der Waals surface area (Å²) in [6.07, 6.45) is 0. The number of hydrogen-bond donors (Lipinski definition) is 2. The molecular weight excluding hydrogens is 367 g/mol. The molecule has 0 heterocycles. The molecule has 2 aromatic carbocycles. The second kappa shape index (κ2) is 6.09. The van der Waals surface area contributed by atoms with Crippen LogP contribution in [0.3, 0.4) is 0 Å². The van der Waals surface area contributed by atoms with Crippen LogP contribution in [0.2, 0.25) is 10.0 Å². The minimum Gasteiger partial charge on any atom is -0.389 e. The molecule has 2 aromatic rings. The third-order valence-corrected chi connectivity index (χ3v) is 3.90. The number of nitrogens with one attached hydrogen (secondary N) is 1. The Morgan fingerprint density at radius 3 is 2.47 bits per heavy atom. The van der Waals surface area contributed by atoms with Gasteiger partial charge in [0, 0.05) is 21.4 Å². The van der Waals surface area contributed by atoms with Gasteiger partial charge in [0.1, 0.15) is 4.99 Å². The van der Waals surface area contributed by atoms with E-state index >= 15 is 0 Å². The summed E-state index contributed by atoms with van der Waals surface area (Å²) in [5.74, 6) is 0. The first kappa shape index (κ1) is 14.6. The van der Waals surface area contributed by atoms with Crippen LogP contribution in [-0.4, -0.2) is 4.99 Å². The molecule has 0 spiro atoms. The summed E-state index contributed by atoms with van der Waals surface area (Å²) in [5, 5.41) is 4.22. The van der Waals surface area contributed by atoms with E-state index in [0.29, 0.717) is 15.0 Å². The maximum atomic E-state index is 5.98. The monoisotopic (exact) mass is 374 g/mol. The molecule has 0 aromatic heterocycles. The highest BCUT2D eigenvalue weighted by molar-refractivity contribution is 9.10. The van der Waals surface area contributed by atoms with Gasteiger partial charge in [-0.3, -0.25) is 0 Å². The van der Waals surface area contributed by atoms with Crippen LogP contribution in [0.4, 0.5) is 11.4 Å². The van der Waals surface area contributed by atoms with Crippen molar-refractivity contribution in [2.75, 3.05) is 5.32 Å². The fourth-order valence-corrected chi connectivity index (χ4v) is 2.40. The fraction of sp³-hybridized carbons (Fsp3) is 0. The molecule has 0 fully saturated rings. The van der Waals surface area contributed by atoms with E-state index in [2.05, 4.69) is 21.2 Å². The molecule has 0 aliphatic carbocycles. The minimum atomic E-state index is 0.329. The van der Waals surface area contributed by atoms with Crippen molar-refractivity contribution >= 4 is 67.7 Å². The topological polar surface area (TPSA) is 38.0 Å². The maximum Gasteiger partial charge on any atom is 0.106 e. The molecule has 3 N–H and O–H groups in total. The largest absolute Gasteiger partial charge is 0.389 e. The van der Waals surface area contributed by atoms with Crippen LogP contribution in [0.1, 0.15) is 5.56 Å². The molecule has 0 radical (unpaired) electrons. The zero-order valence-electron chi connectivity index (χ0n) is 9.58. The number of halogens is 3. The van der Waals surface area contributed by atoms with Crippen LogP contribution < -0.4 is 11.1 Å². The summed E-state index contributed by atoms with van der Waals surface area (Å²) in [4.78, 5) is 0.329. The van der Waals surface area contributed by atoms with Crippen LogP contribution in [0.5, 0.6) is 0 Å². The van der Waals surface area contributed by atoms with Crippen molar-refractivity contribution in [3.8, 4) is 0 Å². The summed E-state index contributed by atoms with van der Waals surface area (Å²) in [6, 6.07) is 10.9. The molecule has 0 atom stereocenters. The Hall–Kier alpha value is -0.810. The number of hydrogen-bond acceptors (Lipinski definition) is 2. The summed E-state index contributed by atoms with van der Waals surface area (Å²) in [6.45, 7) is 0. The van der Waals surface area contributed by atoms with E-state index in [9.17, 15) is 0 Å². The number of thiocarbonyl (C=S) groups is 1. The van der Waals surface area contributed by atoms with Crippen molar-refractivity contribution in [3.63, 3.8) is 0 Å². The van der Waals surface area contributed by atoms with Gasteiger partial charge in [0.25, 0.3) is 0 Å². The van der Waals surface area contributed by atoms with Gasteiger partial charge in [-0.25, -0.2) is 0 Å². The molecule has 0 unspecified atom stereocenters. The predicted octanol–water partition coefficient (Wildman–Crippen LogP) is 5.13. The van der Waals surface area contributed by atoms with Crippen molar-refractivity contribution < 1.29 is 0 Å². The second-order valence-electron chi connectivity index (χ2n) is 3.81. The van der Waals surface area contributed by atoms with Gasteiger partial charge in [0.15, 0.2) is 0 Å². The highest BCUT2D eigenvalue weighted by Gasteiger charge is 2.07. The Balaban J connectivity index is 2.39. The Morgan fingerprint density at radius 1 is 1.11 bits per heavy atom. The van der Waals surface area contributed by atoms with Crippen LogP contribution >= 0.6 is 51.3 Å². The first-order valence-corrected chi connectivity index (χ1v) is 7.24. The normalized spacial score (nSPS) is 10.3. The van der Waals surface area contributed by atoms with Crippen molar-refractivity contribution in [1.29, 1.82) is 0 Å². The van der Waals surface area contributed by atoms with Crippen molar-refractivity contribution in [1.82, 2.24) is 0 Å². The highest BCUT2D eigenvalue weighted by Crippen LogP contribution is 2.29. The van der Waals surface area contributed by atoms with Gasteiger partial charge in [0.2, 0.25) is 0 Å². The summed E-state index contributed by atoms with van der Waals surface area (Å²) < 4.78 is 0.926. The molecule has 0 saturated carbocycles. The van der Waals surface area contributed by atoms with Gasteiger partial charge in [-0.05, 0) is 36.4 Å². The second-order valence-corrected chi connectivity index (χ2v) is 5.98. The molecule has 98 valence electrons. The van der Waals surface area contributed by atoms with Gasteiger partial charge >= 0.3 is 0 Å². The molecule has 0 aliphatic heterocycles. The molecule has 0 saturated heterocycles. The SMILES string of the molecule is NC(=S)c1ccc(Br)cc1Nc1ccc(Cl)c(Cl)c1. The number of benzene rings is 2. The Morgan fingerprint density at radius 2 is 1.84 bits per heavy atom. The van der Waals surface area contributed by atoms with E-state index < -0.39 is 0 Å². The molecule has 2 rings (SSSR count). The van der Waals surface area contributed by atoms with E-state index in [-0.39, 0.29) is 0 Å². The van der Waals surface area contributed by atoms with E-state index in [4.69, 9.17) is 41.2 Å². The zero-order valence-corrected chi connectivity index (χ0v) is 13.5. The standard InChI is InChI=1S/C13H9BrCl2N2S/c14-7-1-3-9(13(17)19)12(5-7)18-8-2-4-10(15)11(16)6-8/h1-6,18H,(H2,17,19). The molecule has 19 heavy (non-hydrogen) atoms. The van der Waals surface area contributed by atoms with Gasteiger partial charge in [-0.1, -0.05) is 51.3 Å². The van der Waals surface area contributed by atoms with Gasteiger partial charge in [-0.15, -0.1) is 0 Å². The van der Waals surface area contributed by atoms with Gasteiger partial charge in [0.05, 0.1) is 10.0 Å². The first-order valence-electron chi connectivity index (χ1n) is 5.29. The predicted molar refractivity (Wildman–Crippen MR) is 89.8 cm³/mol. The number of nitrogens with two attached hydrogens (primary N) is 1. The number of anilines is 2. The average molecular weight is 376 g/mol. The number of rotatable bonds is 3. The Kier molecular flexibility index (Phi) is 4.68. The minimum absolute atomic E-state index is 0.329. The summed E-state index contributed by atoms with van der Waals surface area (Å²) >= 11 is 20.3. The Labute approximate surface area is 135 Å². The lowest BCUT2D eigenvalue weighted by Gasteiger charge is -2.12. The fourth-order valence-electron chi connectivity index (χ4n) is 1.56. The summed E-state index contributed by atoms with van der Waals surface area (Å²) in [7, 11) is 0. The highest BCUT2D eigenvalue weighted by atomic mass is 79.9. The lowest BCUT2D eigenvalue weighted by atomic mass is 10.1. The zero-order chi connectivity index (χ0) is 14.0. The van der Waals surface area contributed by atoms with E-state index in [0.717, 1.165) is 21.4 Å². The first-order chi connectivity index (χ1) is 8.97. The van der Waals surface area contributed by atoms with Crippen molar-refractivity contribution in [2.24, 2.45) is 5.73 Å². The molecule has 0 amide bonds. The third-order valence-electron chi connectivity index (χ3n) is 2.45. The molecule has 0 aliphatic rings. The smallest absolute Gasteiger partial charge is 0.106 e. The lowest BCUT2D eigenvalue weighted by molar-refractivity contribution is 1.51. The lowest BCUT2D eigenvalue weighted by Crippen LogP contribution is -2.11. The van der Waals surface area contributed by atoms with Gasteiger partial charge < -0.3 is 11.1 Å². The average Bonchev–Trinajstić information content (AvgIpc) is 2.33. The van der Waals surface area contributed by atoms with E-state index in [1.165, 1.54) is 0 Å². The van der Waals surface area contributed by atoms with Crippen LogP contribution in [0.25, 0.3) is 0 Å². The molecule has 6 heteroatoms. The third kappa shape index (κ3) is 3.60. The maximum absolute atomic E-state index is 5.98. The molecular formula is C13H9BrCl2N2S. The quantitative estimate of drug-likeness (QED) is 0.730. The van der Waals surface area contributed by atoms with Crippen molar-refractivity contribution in [2.45, 2.75) is 0 Å². The van der Waals surface area contributed by atoms with Crippen LogP contribution in [0, 0.1) is 0 Å². The van der Waals surface area contributed by atoms with Crippen molar-refractivity contribution in [3.05, 3.63) is 56.5 Å². The Bertz CT molecular complexity index is 647. The van der Waals surface area contributed by atoms with Crippen LogP contribution in [-0.2, 0) is 0 Å². The van der Waals surface area contributed by atoms with E-state index in [1.54, 1.807) is 12.1 Å².